The third kappa shape index (κ3) is 4.96. The summed E-state index contributed by atoms with van der Waals surface area (Å²) in [6.07, 6.45) is 2.21. The van der Waals surface area contributed by atoms with E-state index in [1.54, 1.807) is 26.0 Å². The van der Waals surface area contributed by atoms with Gasteiger partial charge in [0.05, 0.1) is 22.7 Å². The lowest BCUT2D eigenvalue weighted by atomic mass is 9.87. The molecule has 7 nitrogen and oxygen atoms in total. The fourth-order valence-electron chi connectivity index (χ4n) is 4.27. The molecule has 0 radical (unpaired) electrons. The normalized spacial score (nSPS) is 19.2. The standard InChI is InChI=1S/C24H25F3N4O3/c1-23(2,34)18-10-20-15(12-31(30-20)17-6-3-14(13-32)4-7-17)9-21(18)29-22(33)19-8-5-16(11-28-19)24(25,26)27/h5,8-14,17,34H,3-4,6-7H2,1-2H3,(H,29,33). The van der Waals surface area contributed by atoms with Gasteiger partial charge in [0.1, 0.15) is 12.0 Å². The van der Waals surface area contributed by atoms with Crippen molar-refractivity contribution in [1.29, 1.82) is 0 Å². The van der Waals surface area contributed by atoms with Gasteiger partial charge in [-0.15, -0.1) is 0 Å². The molecule has 1 aliphatic rings. The molecule has 1 amide bonds. The van der Waals surface area contributed by atoms with E-state index >= 15 is 0 Å². The van der Waals surface area contributed by atoms with Crippen LogP contribution in [0.5, 0.6) is 0 Å². The zero-order chi connectivity index (χ0) is 24.7. The van der Waals surface area contributed by atoms with Crippen LogP contribution >= 0.6 is 0 Å². The third-order valence-electron chi connectivity index (χ3n) is 6.20. The number of benzene rings is 1. The van der Waals surface area contributed by atoms with Crippen LogP contribution in [0.2, 0.25) is 0 Å². The summed E-state index contributed by atoms with van der Waals surface area (Å²) in [7, 11) is 0. The van der Waals surface area contributed by atoms with Crippen molar-refractivity contribution >= 4 is 28.8 Å². The monoisotopic (exact) mass is 474 g/mol. The number of alkyl halides is 3. The number of fused-ring (bicyclic) bond motifs is 1. The largest absolute Gasteiger partial charge is 0.417 e. The maximum Gasteiger partial charge on any atom is 0.417 e. The van der Waals surface area contributed by atoms with Gasteiger partial charge < -0.3 is 15.2 Å². The number of nitrogens with zero attached hydrogens (tertiary/aromatic N) is 3. The van der Waals surface area contributed by atoms with Crippen LogP contribution in [-0.4, -0.2) is 32.1 Å². The highest BCUT2D eigenvalue weighted by Gasteiger charge is 2.31. The predicted molar refractivity (Wildman–Crippen MR) is 119 cm³/mol. The highest BCUT2D eigenvalue weighted by atomic mass is 19.4. The molecule has 0 saturated heterocycles. The number of carbonyl (C=O) groups is 2. The third-order valence-corrected chi connectivity index (χ3v) is 6.20. The van der Waals surface area contributed by atoms with E-state index in [0.717, 1.165) is 49.5 Å². The molecule has 0 bridgehead atoms. The van der Waals surface area contributed by atoms with Gasteiger partial charge in [0.2, 0.25) is 0 Å². The molecule has 0 aliphatic heterocycles. The molecule has 34 heavy (non-hydrogen) atoms. The van der Waals surface area contributed by atoms with Crippen LogP contribution < -0.4 is 5.32 Å². The molecule has 10 heteroatoms. The summed E-state index contributed by atoms with van der Waals surface area (Å²) < 4.78 is 40.2. The van der Waals surface area contributed by atoms with Gasteiger partial charge in [-0.2, -0.15) is 18.3 Å². The molecule has 2 aromatic heterocycles. The molecule has 0 spiro atoms. The highest BCUT2D eigenvalue weighted by Crippen LogP contribution is 2.35. The Balaban J connectivity index is 1.63. The number of anilines is 1. The molecular weight excluding hydrogens is 449 g/mol. The number of pyridine rings is 1. The number of hydrogen-bond acceptors (Lipinski definition) is 5. The smallest absolute Gasteiger partial charge is 0.386 e. The summed E-state index contributed by atoms with van der Waals surface area (Å²) in [5.74, 6) is -0.609. The quantitative estimate of drug-likeness (QED) is 0.515. The minimum atomic E-state index is -4.55. The van der Waals surface area contributed by atoms with Crippen molar-refractivity contribution in [3.05, 3.63) is 53.5 Å². The zero-order valence-corrected chi connectivity index (χ0v) is 18.8. The number of nitrogens with one attached hydrogen (secondary N) is 1. The van der Waals surface area contributed by atoms with Crippen molar-refractivity contribution in [3.8, 4) is 0 Å². The summed E-state index contributed by atoms with van der Waals surface area (Å²) in [6, 6.07) is 5.34. The summed E-state index contributed by atoms with van der Waals surface area (Å²) in [5, 5.41) is 18.8. The van der Waals surface area contributed by atoms with Crippen LogP contribution in [0, 0.1) is 5.92 Å². The number of aldehydes is 1. The maximum atomic E-state index is 12.8. The van der Waals surface area contributed by atoms with Gasteiger partial charge in [-0.3, -0.25) is 14.5 Å². The predicted octanol–water partition coefficient (Wildman–Crippen LogP) is 4.86. The Morgan fingerprint density at radius 3 is 2.44 bits per heavy atom. The van der Waals surface area contributed by atoms with Crippen molar-refractivity contribution < 1.29 is 27.9 Å². The van der Waals surface area contributed by atoms with Crippen LogP contribution in [0.1, 0.15) is 67.2 Å². The van der Waals surface area contributed by atoms with E-state index in [0.29, 0.717) is 23.0 Å². The van der Waals surface area contributed by atoms with Crippen LogP contribution in [0.15, 0.2) is 36.7 Å². The first kappa shape index (κ1) is 23.9. The molecule has 4 rings (SSSR count). The van der Waals surface area contributed by atoms with Crippen molar-refractivity contribution in [3.63, 3.8) is 0 Å². The first-order chi connectivity index (χ1) is 16.0. The lowest BCUT2D eigenvalue weighted by Crippen LogP contribution is -2.21. The molecule has 0 unspecified atom stereocenters. The van der Waals surface area contributed by atoms with Crippen LogP contribution in [0.3, 0.4) is 0 Å². The fraction of sp³-hybridized carbons (Fsp3) is 0.417. The minimum absolute atomic E-state index is 0.0867. The van der Waals surface area contributed by atoms with E-state index in [1.807, 2.05) is 10.9 Å². The number of rotatable bonds is 5. The number of carbonyl (C=O) groups excluding carboxylic acids is 2. The summed E-state index contributed by atoms with van der Waals surface area (Å²) in [5.41, 5.74) is -1.09. The molecule has 3 aromatic rings. The number of halogens is 3. The summed E-state index contributed by atoms with van der Waals surface area (Å²) in [6.45, 7) is 3.13. The van der Waals surface area contributed by atoms with E-state index in [2.05, 4.69) is 15.4 Å². The van der Waals surface area contributed by atoms with Crippen LogP contribution in [-0.2, 0) is 16.6 Å². The fourth-order valence-corrected chi connectivity index (χ4v) is 4.27. The number of aromatic nitrogens is 3. The van der Waals surface area contributed by atoms with E-state index in [4.69, 9.17) is 0 Å². The summed E-state index contributed by atoms with van der Waals surface area (Å²) >= 11 is 0. The molecule has 1 aliphatic carbocycles. The molecule has 0 atom stereocenters. The maximum absolute atomic E-state index is 12.8. The minimum Gasteiger partial charge on any atom is -0.386 e. The van der Waals surface area contributed by atoms with Crippen LogP contribution in [0.25, 0.3) is 10.9 Å². The second-order valence-corrected chi connectivity index (χ2v) is 9.21. The molecule has 1 fully saturated rings. The van der Waals surface area contributed by atoms with E-state index in [-0.39, 0.29) is 17.7 Å². The number of amides is 1. The van der Waals surface area contributed by atoms with Gasteiger partial charge in [0, 0.05) is 34.9 Å². The van der Waals surface area contributed by atoms with Crippen LogP contribution in [0.4, 0.5) is 18.9 Å². The SMILES string of the molecule is CC(C)(O)c1cc2nn(C3CCC(C=O)CC3)cc2cc1NC(=O)c1ccc(C(F)(F)F)cn1. The molecule has 1 saturated carbocycles. The van der Waals surface area contributed by atoms with Gasteiger partial charge in [0.15, 0.2) is 0 Å². The first-order valence-electron chi connectivity index (χ1n) is 11.0. The molecule has 180 valence electrons. The first-order valence-corrected chi connectivity index (χ1v) is 11.0. The van der Waals surface area contributed by atoms with Gasteiger partial charge in [-0.1, -0.05) is 0 Å². The van der Waals surface area contributed by atoms with Gasteiger partial charge in [0.25, 0.3) is 5.91 Å². The van der Waals surface area contributed by atoms with Gasteiger partial charge in [-0.05, 0) is 63.8 Å². The van der Waals surface area contributed by atoms with Crippen molar-refractivity contribution in [1.82, 2.24) is 14.8 Å². The lowest BCUT2D eigenvalue weighted by molar-refractivity contribution is -0.137. The molecule has 2 heterocycles. The van der Waals surface area contributed by atoms with E-state index in [1.165, 1.54) is 0 Å². The Morgan fingerprint density at radius 2 is 1.88 bits per heavy atom. The van der Waals surface area contributed by atoms with E-state index < -0.39 is 23.2 Å². The second-order valence-electron chi connectivity index (χ2n) is 9.21. The topological polar surface area (TPSA) is 97.1 Å². The Hall–Kier alpha value is -3.27. The highest BCUT2D eigenvalue weighted by molar-refractivity contribution is 6.04. The molecule has 1 aromatic carbocycles. The van der Waals surface area contributed by atoms with Gasteiger partial charge in [-0.25, -0.2) is 0 Å². The van der Waals surface area contributed by atoms with Gasteiger partial charge >= 0.3 is 6.18 Å². The zero-order valence-electron chi connectivity index (χ0n) is 18.8. The van der Waals surface area contributed by atoms with Crippen molar-refractivity contribution in [2.24, 2.45) is 5.92 Å². The lowest BCUT2D eigenvalue weighted by Gasteiger charge is -2.25. The Labute approximate surface area is 194 Å². The number of hydrogen-bond donors (Lipinski definition) is 2. The van der Waals surface area contributed by atoms with Crippen molar-refractivity contribution in [2.75, 3.05) is 5.32 Å². The number of aliphatic hydroxyl groups is 1. The average molecular weight is 474 g/mol. The second kappa shape index (κ2) is 8.83. The average Bonchev–Trinajstić information content (AvgIpc) is 3.20. The molecule has 2 N–H and O–H groups in total. The Kier molecular flexibility index (Phi) is 6.20. The van der Waals surface area contributed by atoms with E-state index in [9.17, 15) is 27.9 Å². The summed E-state index contributed by atoms with van der Waals surface area (Å²) in [4.78, 5) is 27.4. The Bertz CT molecular complexity index is 1210. The van der Waals surface area contributed by atoms with Crippen molar-refractivity contribution in [2.45, 2.75) is 57.3 Å². The Morgan fingerprint density at radius 1 is 1.18 bits per heavy atom. The molecular formula is C24H25F3N4O3.